The fourth-order valence-electron chi connectivity index (χ4n) is 6.75. The van der Waals surface area contributed by atoms with E-state index in [1.807, 2.05) is 21.8 Å². The third-order valence-corrected chi connectivity index (χ3v) is 9.06. The van der Waals surface area contributed by atoms with Crippen LogP contribution in [0.15, 0.2) is 36.8 Å². The maximum atomic E-state index is 12.7. The van der Waals surface area contributed by atoms with Crippen molar-refractivity contribution in [2.75, 3.05) is 51.2 Å². The highest BCUT2D eigenvalue weighted by Crippen LogP contribution is 2.68. The van der Waals surface area contributed by atoms with Crippen LogP contribution in [-0.2, 0) is 10.2 Å². The molecule has 37 heavy (non-hydrogen) atoms. The monoisotopic (exact) mass is 496 g/mol. The van der Waals surface area contributed by atoms with Crippen LogP contribution in [0.5, 0.6) is 0 Å². The van der Waals surface area contributed by atoms with E-state index in [0.29, 0.717) is 36.7 Å². The van der Waals surface area contributed by atoms with Crippen LogP contribution in [0.25, 0.3) is 16.7 Å². The molecule has 2 aliphatic carbocycles. The highest BCUT2D eigenvalue weighted by molar-refractivity contribution is 5.81. The highest BCUT2D eigenvalue weighted by atomic mass is 16.2. The standard InChI is InChI=1S/C28H32N8O/c1-33-14-20(15-33)10-26(37)35-8-6-34(7-9-35)24-12-25(31-19-30-24)36-23-11-22(3-2-21(23)13-32-36)28(18-29)16-27(17-28)4-5-27/h2-3,11-13,19-20H,4-10,14-17H2,1H3. The van der Waals surface area contributed by atoms with Crippen molar-refractivity contribution >= 4 is 22.6 Å². The van der Waals surface area contributed by atoms with Gasteiger partial charge in [0.1, 0.15) is 12.1 Å². The van der Waals surface area contributed by atoms with Gasteiger partial charge in [-0.15, -0.1) is 0 Å². The summed E-state index contributed by atoms with van der Waals surface area (Å²) in [5, 5.41) is 15.7. The molecule has 9 nitrogen and oxygen atoms in total. The molecule has 2 saturated heterocycles. The number of piperazine rings is 1. The molecule has 190 valence electrons. The zero-order valence-corrected chi connectivity index (χ0v) is 21.3. The Bertz CT molecular complexity index is 1400. The van der Waals surface area contributed by atoms with E-state index in [2.05, 4.69) is 56.2 Å². The van der Waals surface area contributed by atoms with Crippen molar-refractivity contribution in [2.24, 2.45) is 11.3 Å². The molecule has 7 rings (SSSR count). The summed E-state index contributed by atoms with van der Waals surface area (Å²) in [5.74, 6) is 2.34. The van der Waals surface area contributed by atoms with Crippen LogP contribution < -0.4 is 4.90 Å². The molecular weight excluding hydrogens is 464 g/mol. The van der Waals surface area contributed by atoms with Crippen molar-refractivity contribution in [3.8, 4) is 11.9 Å². The number of nitrogens with zero attached hydrogens (tertiary/aromatic N) is 8. The third kappa shape index (κ3) is 3.86. The van der Waals surface area contributed by atoms with Gasteiger partial charge in [-0.05, 0) is 55.7 Å². The molecule has 2 aromatic heterocycles. The van der Waals surface area contributed by atoms with Crippen LogP contribution >= 0.6 is 0 Å². The Kier molecular flexibility index (Phi) is 5.05. The molecule has 2 aliphatic heterocycles. The van der Waals surface area contributed by atoms with Gasteiger partial charge in [0.25, 0.3) is 0 Å². The SMILES string of the molecule is CN1CC(CC(=O)N2CCN(c3cc(-n4ncc5ccc(C6(C#N)CC7(CC7)C6)cc54)ncn3)CC2)C1. The average molecular weight is 497 g/mol. The molecule has 0 N–H and O–H groups in total. The predicted molar refractivity (Wildman–Crippen MR) is 139 cm³/mol. The Morgan fingerprint density at radius 2 is 1.84 bits per heavy atom. The molecule has 4 aliphatic rings. The van der Waals surface area contributed by atoms with Gasteiger partial charge in [-0.3, -0.25) is 4.79 Å². The number of fused-ring (bicyclic) bond motifs is 1. The topological polar surface area (TPSA) is 94.2 Å². The summed E-state index contributed by atoms with van der Waals surface area (Å²) in [5.41, 5.74) is 2.12. The van der Waals surface area contributed by atoms with Crippen LogP contribution in [0.1, 0.15) is 37.7 Å². The van der Waals surface area contributed by atoms with Gasteiger partial charge in [-0.2, -0.15) is 10.4 Å². The molecule has 0 atom stereocenters. The van der Waals surface area contributed by atoms with Crippen molar-refractivity contribution in [3.05, 3.63) is 42.4 Å². The van der Waals surface area contributed by atoms with E-state index in [-0.39, 0.29) is 11.3 Å². The van der Waals surface area contributed by atoms with Gasteiger partial charge >= 0.3 is 0 Å². The number of amides is 1. The Balaban J connectivity index is 1.08. The largest absolute Gasteiger partial charge is 0.353 e. The Morgan fingerprint density at radius 3 is 2.54 bits per heavy atom. The first-order valence-electron chi connectivity index (χ1n) is 13.4. The number of nitriles is 1. The van der Waals surface area contributed by atoms with E-state index in [1.54, 1.807) is 6.33 Å². The first-order valence-corrected chi connectivity index (χ1v) is 13.4. The molecule has 4 fully saturated rings. The molecule has 2 saturated carbocycles. The highest BCUT2D eigenvalue weighted by Gasteiger charge is 2.61. The van der Waals surface area contributed by atoms with E-state index >= 15 is 0 Å². The van der Waals surface area contributed by atoms with Crippen LogP contribution in [0, 0.1) is 22.7 Å². The minimum Gasteiger partial charge on any atom is -0.353 e. The summed E-state index contributed by atoms with van der Waals surface area (Å²) in [6, 6.07) is 10.9. The normalized spacial score (nSPS) is 22.5. The van der Waals surface area contributed by atoms with Crippen molar-refractivity contribution in [1.29, 1.82) is 5.26 Å². The lowest BCUT2D eigenvalue weighted by Gasteiger charge is -2.44. The molecular formula is C28H32N8O. The lowest BCUT2D eigenvalue weighted by Crippen LogP contribution is -2.51. The van der Waals surface area contributed by atoms with Gasteiger partial charge in [-0.1, -0.05) is 12.1 Å². The number of rotatable bonds is 5. The summed E-state index contributed by atoms with van der Waals surface area (Å²) < 4.78 is 1.86. The molecule has 4 heterocycles. The molecule has 3 aromatic rings. The summed E-state index contributed by atoms with van der Waals surface area (Å²) in [7, 11) is 2.10. The number of hydrogen-bond donors (Lipinski definition) is 0. The number of carbonyl (C=O) groups is 1. The quantitative estimate of drug-likeness (QED) is 0.536. The van der Waals surface area contributed by atoms with Crippen LogP contribution in [0.4, 0.5) is 5.82 Å². The number of likely N-dealkylation sites (tertiary alicyclic amines) is 1. The molecule has 0 unspecified atom stereocenters. The lowest BCUT2D eigenvalue weighted by molar-refractivity contribution is -0.133. The minimum absolute atomic E-state index is 0.272. The Hall–Kier alpha value is -3.51. The number of carbonyl (C=O) groups excluding carboxylic acids is 1. The van der Waals surface area contributed by atoms with Gasteiger partial charge in [-0.25, -0.2) is 14.6 Å². The summed E-state index contributed by atoms with van der Waals surface area (Å²) in [6.45, 7) is 4.99. The second kappa shape index (κ2) is 8.25. The summed E-state index contributed by atoms with van der Waals surface area (Å²) in [6.07, 6.45) is 8.58. The van der Waals surface area contributed by atoms with Gasteiger partial charge in [0.15, 0.2) is 5.82 Å². The number of anilines is 1. The van der Waals surface area contributed by atoms with Crippen molar-refractivity contribution in [1.82, 2.24) is 29.5 Å². The first kappa shape index (κ1) is 22.7. The zero-order chi connectivity index (χ0) is 25.2. The Labute approximate surface area is 216 Å². The van der Waals surface area contributed by atoms with E-state index in [4.69, 9.17) is 0 Å². The lowest BCUT2D eigenvalue weighted by atomic mass is 9.57. The first-order chi connectivity index (χ1) is 18.0. The molecule has 1 aromatic carbocycles. The van der Waals surface area contributed by atoms with E-state index in [9.17, 15) is 10.1 Å². The van der Waals surface area contributed by atoms with Gasteiger partial charge in [0, 0.05) is 57.1 Å². The van der Waals surface area contributed by atoms with E-state index < -0.39 is 0 Å². The Morgan fingerprint density at radius 1 is 1.08 bits per heavy atom. The van der Waals surface area contributed by atoms with Crippen LogP contribution in [0.2, 0.25) is 0 Å². The van der Waals surface area contributed by atoms with E-state index in [1.165, 1.54) is 12.8 Å². The third-order valence-electron chi connectivity index (χ3n) is 9.06. The van der Waals surface area contributed by atoms with Gasteiger partial charge in [0.2, 0.25) is 5.91 Å². The van der Waals surface area contributed by atoms with Crippen LogP contribution in [0.3, 0.4) is 0 Å². The predicted octanol–water partition coefficient (Wildman–Crippen LogP) is 2.75. The molecule has 9 heteroatoms. The molecule has 1 spiro atoms. The number of benzene rings is 1. The minimum atomic E-state index is -0.373. The molecule has 0 bridgehead atoms. The summed E-state index contributed by atoms with van der Waals surface area (Å²) in [4.78, 5) is 28.2. The molecule has 0 radical (unpaired) electrons. The second-order valence-electron chi connectivity index (χ2n) is 11.8. The average Bonchev–Trinajstić information content (AvgIpc) is 3.57. The molecule has 1 amide bonds. The maximum Gasteiger partial charge on any atom is 0.223 e. The van der Waals surface area contributed by atoms with Crippen LogP contribution in [-0.4, -0.2) is 81.8 Å². The smallest absolute Gasteiger partial charge is 0.223 e. The number of hydrogen-bond acceptors (Lipinski definition) is 7. The maximum absolute atomic E-state index is 12.7. The fraction of sp³-hybridized carbons (Fsp3) is 0.536. The second-order valence-corrected chi connectivity index (χ2v) is 11.8. The fourth-order valence-corrected chi connectivity index (χ4v) is 6.75. The van der Waals surface area contributed by atoms with Crippen molar-refractivity contribution in [2.45, 2.75) is 37.5 Å². The van der Waals surface area contributed by atoms with Gasteiger partial charge in [0.05, 0.1) is 23.2 Å². The van der Waals surface area contributed by atoms with E-state index in [0.717, 1.165) is 61.3 Å². The summed E-state index contributed by atoms with van der Waals surface area (Å²) >= 11 is 0. The number of aromatic nitrogens is 4. The van der Waals surface area contributed by atoms with Crippen molar-refractivity contribution < 1.29 is 4.79 Å². The van der Waals surface area contributed by atoms with Gasteiger partial charge < -0.3 is 14.7 Å². The zero-order valence-electron chi connectivity index (χ0n) is 21.3. The van der Waals surface area contributed by atoms with Crippen molar-refractivity contribution in [3.63, 3.8) is 0 Å².